The maximum atomic E-state index is 5.53. The lowest BCUT2D eigenvalue weighted by Crippen LogP contribution is -2.17. The molecule has 0 spiro atoms. The van der Waals surface area contributed by atoms with Crippen molar-refractivity contribution in [3.05, 3.63) is 21.9 Å². The van der Waals surface area contributed by atoms with E-state index in [0.717, 1.165) is 10.8 Å². The molecule has 2 nitrogen and oxygen atoms in total. The maximum Gasteiger partial charge on any atom is 0.227 e. The molecule has 0 bridgehead atoms. The summed E-state index contributed by atoms with van der Waals surface area (Å²) in [6.07, 6.45) is 0. The Kier molecular flexibility index (Phi) is 1.91. The zero-order valence-corrected chi connectivity index (χ0v) is 8.94. The lowest BCUT2D eigenvalue weighted by molar-refractivity contribution is 0.280. The van der Waals surface area contributed by atoms with Gasteiger partial charge in [-0.3, -0.25) is 0 Å². The maximum absolute atomic E-state index is 5.53. The van der Waals surface area contributed by atoms with Gasteiger partial charge in [-0.15, -0.1) is 11.3 Å². The molecule has 0 saturated heterocycles. The van der Waals surface area contributed by atoms with Crippen LogP contribution in [0.25, 0.3) is 0 Å². The van der Waals surface area contributed by atoms with Crippen LogP contribution in [0, 0.1) is 6.92 Å². The highest BCUT2D eigenvalue weighted by Gasteiger charge is 2.27. The first-order valence-electron chi connectivity index (χ1n) is 4.35. The fraction of sp³-hybridized carbons (Fsp3) is 0.500. The molecule has 0 aromatic carbocycles. The fourth-order valence-corrected chi connectivity index (χ4v) is 2.09. The van der Waals surface area contributed by atoms with Gasteiger partial charge in [-0.25, -0.2) is 4.99 Å². The minimum absolute atomic E-state index is 0.0484. The number of thiophene rings is 1. The molecule has 2 rings (SSSR count). The topological polar surface area (TPSA) is 21.6 Å². The van der Waals surface area contributed by atoms with Crippen LogP contribution in [0.4, 0.5) is 0 Å². The Morgan fingerprint density at radius 2 is 2.31 bits per heavy atom. The van der Waals surface area contributed by atoms with E-state index in [2.05, 4.69) is 37.2 Å². The Bertz CT molecular complexity index is 352. The summed E-state index contributed by atoms with van der Waals surface area (Å²) >= 11 is 1.69. The third-order valence-electron chi connectivity index (χ3n) is 1.91. The van der Waals surface area contributed by atoms with Crippen molar-refractivity contribution in [2.75, 3.05) is 6.61 Å². The van der Waals surface area contributed by atoms with Gasteiger partial charge in [0.05, 0.1) is 10.4 Å². The second kappa shape index (κ2) is 2.84. The molecule has 2 heterocycles. The van der Waals surface area contributed by atoms with Gasteiger partial charge in [0.1, 0.15) is 6.61 Å². The van der Waals surface area contributed by atoms with Crippen molar-refractivity contribution in [2.24, 2.45) is 4.99 Å². The Morgan fingerprint density at radius 3 is 2.77 bits per heavy atom. The molecule has 13 heavy (non-hydrogen) atoms. The van der Waals surface area contributed by atoms with Gasteiger partial charge in [-0.2, -0.15) is 0 Å². The Morgan fingerprint density at radius 1 is 1.54 bits per heavy atom. The van der Waals surface area contributed by atoms with Crippen molar-refractivity contribution in [3.8, 4) is 0 Å². The number of aryl methyl sites for hydroxylation is 1. The summed E-state index contributed by atoms with van der Waals surface area (Å²) in [4.78, 5) is 5.65. The first-order valence-corrected chi connectivity index (χ1v) is 5.23. The Balaban J connectivity index is 2.29. The molecular formula is C10H13NOS. The number of ether oxygens (including phenoxy) is 1. The summed E-state index contributed by atoms with van der Waals surface area (Å²) in [6, 6.07) is 2.12. The van der Waals surface area contributed by atoms with Gasteiger partial charge in [0.15, 0.2) is 0 Å². The van der Waals surface area contributed by atoms with Crippen molar-refractivity contribution >= 4 is 17.2 Å². The summed E-state index contributed by atoms with van der Waals surface area (Å²) in [5, 5.41) is 2.12. The average molecular weight is 195 g/mol. The predicted octanol–water partition coefficient (Wildman–Crippen LogP) is 2.61. The molecule has 0 fully saturated rings. The highest BCUT2D eigenvalue weighted by molar-refractivity contribution is 7.12. The number of nitrogens with zero attached hydrogens (tertiary/aromatic N) is 1. The quantitative estimate of drug-likeness (QED) is 0.675. The second-order valence-electron chi connectivity index (χ2n) is 4.01. The molecule has 0 radical (unpaired) electrons. The van der Waals surface area contributed by atoms with Crippen molar-refractivity contribution in [3.63, 3.8) is 0 Å². The molecule has 0 N–H and O–H groups in total. The zero-order valence-electron chi connectivity index (χ0n) is 8.13. The molecule has 1 aromatic rings. The molecule has 1 aromatic heterocycles. The lowest BCUT2D eigenvalue weighted by atomic mass is 10.1. The van der Waals surface area contributed by atoms with Crippen LogP contribution in [0.1, 0.15) is 24.3 Å². The van der Waals surface area contributed by atoms with Crippen LogP contribution in [0.3, 0.4) is 0 Å². The number of rotatable bonds is 1. The van der Waals surface area contributed by atoms with Crippen LogP contribution in [-0.4, -0.2) is 18.0 Å². The molecular weight excluding hydrogens is 182 g/mol. The van der Waals surface area contributed by atoms with Crippen LogP contribution in [0.2, 0.25) is 0 Å². The summed E-state index contributed by atoms with van der Waals surface area (Å²) < 4.78 is 5.53. The minimum atomic E-state index is -0.0484. The number of aliphatic imine (C=N–C) groups is 1. The van der Waals surface area contributed by atoms with E-state index in [1.165, 1.54) is 5.56 Å². The first-order chi connectivity index (χ1) is 6.07. The highest BCUT2D eigenvalue weighted by atomic mass is 32.1. The van der Waals surface area contributed by atoms with Gasteiger partial charge in [-0.05, 0) is 37.8 Å². The number of hydrogen-bond acceptors (Lipinski definition) is 3. The molecule has 0 amide bonds. The van der Waals surface area contributed by atoms with Crippen LogP contribution >= 0.6 is 11.3 Å². The molecule has 0 aliphatic carbocycles. The lowest BCUT2D eigenvalue weighted by Gasteiger charge is -2.07. The molecule has 0 saturated carbocycles. The van der Waals surface area contributed by atoms with E-state index in [0.29, 0.717) is 6.61 Å². The van der Waals surface area contributed by atoms with E-state index < -0.39 is 0 Å². The third kappa shape index (κ3) is 1.75. The fourth-order valence-electron chi connectivity index (χ4n) is 1.25. The van der Waals surface area contributed by atoms with Gasteiger partial charge in [0.25, 0.3) is 0 Å². The zero-order chi connectivity index (χ0) is 9.47. The van der Waals surface area contributed by atoms with Gasteiger partial charge in [0, 0.05) is 0 Å². The molecule has 0 atom stereocenters. The van der Waals surface area contributed by atoms with Crippen LogP contribution in [0.5, 0.6) is 0 Å². The SMILES string of the molecule is Cc1csc(C2=NC(C)(C)CO2)c1. The van der Waals surface area contributed by atoms with Crippen LogP contribution < -0.4 is 0 Å². The molecule has 3 heteroatoms. The van der Waals surface area contributed by atoms with Crippen molar-refractivity contribution in [1.29, 1.82) is 0 Å². The number of hydrogen-bond donors (Lipinski definition) is 0. The minimum Gasteiger partial charge on any atom is -0.474 e. The molecule has 70 valence electrons. The van der Waals surface area contributed by atoms with E-state index >= 15 is 0 Å². The first kappa shape index (κ1) is 8.75. The van der Waals surface area contributed by atoms with Gasteiger partial charge >= 0.3 is 0 Å². The standard InChI is InChI=1S/C10H13NOS/c1-7-4-8(13-5-7)9-11-10(2,3)6-12-9/h4-5H,6H2,1-3H3. The molecule has 1 aliphatic rings. The van der Waals surface area contributed by atoms with Crippen LogP contribution in [0.15, 0.2) is 16.4 Å². The molecule has 0 unspecified atom stereocenters. The van der Waals surface area contributed by atoms with Crippen LogP contribution in [-0.2, 0) is 4.74 Å². The van der Waals surface area contributed by atoms with Crippen molar-refractivity contribution < 1.29 is 4.74 Å². The van der Waals surface area contributed by atoms with Crippen molar-refractivity contribution in [2.45, 2.75) is 26.3 Å². The van der Waals surface area contributed by atoms with E-state index in [9.17, 15) is 0 Å². The summed E-state index contributed by atoms with van der Waals surface area (Å²) in [5.74, 6) is 0.808. The summed E-state index contributed by atoms with van der Waals surface area (Å²) in [6.45, 7) is 6.95. The largest absolute Gasteiger partial charge is 0.474 e. The van der Waals surface area contributed by atoms with E-state index in [-0.39, 0.29) is 5.54 Å². The third-order valence-corrected chi connectivity index (χ3v) is 2.94. The van der Waals surface area contributed by atoms with E-state index in [1.807, 2.05) is 0 Å². The van der Waals surface area contributed by atoms with Gasteiger partial charge in [-0.1, -0.05) is 0 Å². The molecule has 1 aliphatic heterocycles. The normalized spacial score (nSPS) is 19.8. The summed E-state index contributed by atoms with van der Waals surface area (Å²) in [7, 11) is 0. The highest BCUT2D eigenvalue weighted by Crippen LogP contribution is 2.24. The Hall–Kier alpha value is -0.830. The smallest absolute Gasteiger partial charge is 0.227 e. The monoisotopic (exact) mass is 195 g/mol. The second-order valence-corrected chi connectivity index (χ2v) is 4.92. The van der Waals surface area contributed by atoms with E-state index in [1.54, 1.807) is 11.3 Å². The van der Waals surface area contributed by atoms with Gasteiger partial charge in [0.2, 0.25) is 5.90 Å². The van der Waals surface area contributed by atoms with Crippen molar-refractivity contribution in [1.82, 2.24) is 0 Å². The summed E-state index contributed by atoms with van der Waals surface area (Å²) in [5.41, 5.74) is 1.23. The van der Waals surface area contributed by atoms with Gasteiger partial charge < -0.3 is 4.74 Å². The van der Waals surface area contributed by atoms with E-state index in [4.69, 9.17) is 4.74 Å². The Labute approximate surface area is 82.3 Å². The average Bonchev–Trinajstić information content (AvgIpc) is 2.56. The predicted molar refractivity (Wildman–Crippen MR) is 55.6 cm³/mol.